The van der Waals surface area contributed by atoms with Crippen LogP contribution in [0.15, 0.2) is 18.2 Å². The number of ether oxygens (including phenoxy) is 1. The Morgan fingerprint density at radius 1 is 0.717 bits per heavy atom. The summed E-state index contributed by atoms with van der Waals surface area (Å²) in [4.78, 5) is 0. The zero-order chi connectivity index (χ0) is 32.7. The molecule has 2 unspecified atom stereocenters. The van der Waals surface area contributed by atoms with Crippen molar-refractivity contribution in [1.82, 2.24) is 0 Å². The van der Waals surface area contributed by atoms with Crippen molar-refractivity contribution in [1.29, 1.82) is 0 Å². The molecular formula is C39H52F6O. The normalized spacial score (nSPS) is 19.7. The number of rotatable bonds is 20. The van der Waals surface area contributed by atoms with Crippen LogP contribution in [0.3, 0.4) is 0 Å². The van der Waals surface area contributed by atoms with Gasteiger partial charge >= 0.3 is 0 Å². The predicted octanol–water partition coefficient (Wildman–Crippen LogP) is 12.9. The number of hydrogen-bond donors (Lipinski definition) is 0. The SMILES string of the molecule is CCC(CCCCCOc1ccc(-c2cc3c(c(F)c2F)C(F)(F)C(CCCCCCCCCC2CC2)CC3)c(F)c1F)C1CC1. The number of fused-ring (bicyclic) bond motifs is 1. The molecule has 0 aromatic heterocycles. The molecule has 0 saturated heterocycles. The van der Waals surface area contributed by atoms with E-state index in [0.717, 1.165) is 62.0 Å². The standard InChI is InChI=1S/C39H52F6O/c1-2-27(28-18-19-28)14-10-8-12-24-46-33-23-22-31(35(40)37(33)42)32-25-29-20-21-30(39(44,45)34(29)38(43)36(32)41)15-11-7-5-3-4-6-9-13-26-16-17-26/h22-23,25-28,30H,2-21,24H2,1H3. The Kier molecular flexibility index (Phi) is 12.4. The molecule has 2 aromatic rings. The molecule has 46 heavy (non-hydrogen) atoms. The maximum absolute atomic E-state index is 15.6. The monoisotopic (exact) mass is 650 g/mol. The second-order valence-electron chi connectivity index (χ2n) is 14.4. The third-order valence-corrected chi connectivity index (χ3v) is 10.9. The summed E-state index contributed by atoms with van der Waals surface area (Å²) < 4.78 is 97.4. The van der Waals surface area contributed by atoms with E-state index in [4.69, 9.17) is 4.74 Å². The molecule has 0 amide bonds. The molecule has 2 saturated carbocycles. The van der Waals surface area contributed by atoms with Crippen molar-refractivity contribution in [2.45, 2.75) is 141 Å². The number of alkyl halides is 2. The summed E-state index contributed by atoms with van der Waals surface area (Å²) in [5, 5.41) is 0. The van der Waals surface area contributed by atoms with E-state index in [2.05, 4.69) is 6.92 Å². The summed E-state index contributed by atoms with van der Waals surface area (Å²) in [5.41, 5.74) is -2.03. The van der Waals surface area contributed by atoms with Gasteiger partial charge < -0.3 is 4.74 Å². The lowest BCUT2D eigenvalue weighted by Gasteiger charge is -2.34. The summed E-state index contributed by atoms with van der Waals surface area (Å²) in [5.74, 6) is -8.21. The third kappa shape index (κ3) is 8.83. The molecule has 7 heteroatoms. The Bertz CT molecular complexity index is 1280. The van der Waals surface area contributed by atoms with Gasteiger partial charge in [-0.1, -0.05) is 96.8 Å². The summed E-state index contributed by atoms with van der Waals surface area (Å²) in [6.07, 6.45) is 19.6. The first-order valence-electron chi connectivity index (χ1n) is 18.2. The summed E-state index contributed by atoms with van der Waals surface area (Å²) in [7, 11) is 0. The van der Waals surface area contributed by atoms with Crippen molar-refractivity contribution in [3.05, 3.63) is 52.6 Å². The van der Waals surface area contributed by atoms with Crippen molar-refractivity contribution in [3.8, 4) is 16.9 Å². The number of aryl methyl sites for hydroxylation is 1. The molecule has 0 spiro atoms. The number of halogens is 6. The van der Waals surface area contributed by atoms with Gasteiger partial charge in [0.25, 0.3) is 5.92 Å². The van der Waals surface area contributed by atoms with Crippen LogP contribution in [0.1, 0.15) is 140 Å². The average molecular weight is 651 g/mol. The van der Waals surface area contributed by atoms with Crippen molar-refractivity contribution < 1.29 is 31.1 Å². The van der Waals surface area contributed by atoms with Crippen LogP contribution in [0, 0.1) is 46.9 Å². The van der Waals surface area contributed by atoms with Gasteiger partial charge in [-0.25, -0.2) is 22.0 Å². The average Bonchev–Trinajstić information content (AvgIpc) is 3.96. The van der Waals surface area contributed by atoms with Gasteiger partial charge in [-0.05, 0) is 80.0 Å². The highest BCUT2D eigenvalue weighted by molar-refractivity contribution is 5.68. The van der Waals surface area contributed by atoms with Crippen molar-refractivity contribution in [2.75, 3.05) is 6.61 Å². The van der Waals surface area contributed by atoms with E-state index in [1.54, 1.807) is 0 Å². The van der Waals surface area contributed by atoms with Crippen LogP contribution in [-0.4, -0.2) is 6.61 Å². The van der Waals surface area contributed by atoms with Gasteiger partial charge in [0, 0.05) is 17.0 Å². The molecule has 256 valence electrons. The maximum Gasteiger partial charge on any atom is 0.279 e. The van der Waals surface area contributed by atoms with Crippen molar-refractivity contribution >= 4 is 0 Å². The van der Waals surface area contributed by atoms with Gasteiger partial charge in [-0.15, -0.1) is 0 Å². The Morgan fingerprint density at radius 3 is 2.04 bits per heavy atom. The van der Waals surface area contributed by atoms with Crippen LogP contribution in [0.4, 0.5) is 26.3 Å². The van der Waals surface area contributed by atoms with Gasteiger partial charge in [0.15, 0.2) is 23.2 Å². The summed E-state index contributed by atoms with van der Waals surface area (Å²) in [6, 6.07) is 3.41. The third-order valence-electron chi connectivity index (χ3n) is 10.9. The number of benzene rings is 2. The largest absolute Gasteiger partial charge is 0.490 e. The zero-order valence-corrected chi connectivity index (χ0v) is 27.6. The Labute approximate surface area is 271 Å². The highest BCUT2D eigenvalue weighted by Gasteiger charge is 2.48. The van der Waals surface area contributed by atoms with Crippen LogP contribution >= 0.6 is 0 Å². The lowest BCUT2D eigenvalue weighted by Crippen LogP contribution is -2.33. The van der Waals surface area contributed by atoms with E-state index >= 15 is 22.0 Å². The van der Waals surface area contributed by atoms with Crippen molar-refractivity contribution in [3.63, 3.8) is 0 Å². The quantitative estimate of drug-likeness (QED) is 0.102. The van der Waals surface area contributed by atoms with E-state index in [9.17, 15) is 4.39 Å². The van der Waals surface area contributed by atoms with Crippen LogP contribution < -0.4 is 4.74 Å². The summed E-state index contributed by atoms with van der Waals surface area (Å²) in [6.45, 7) is 2.44. The van der Waals surface area contributed by atoms with Crippen molar-refractivity contribution in [2.24, 2.45) is 23.7 Å². The fourth-order valence-corrected chi connectivity index (χ4v) is 7.65. The summed E-state index contributed by atoms with van der Waals surface area (Å²) >= 11 is 0. The smallest absolute Gasteiger partial charge is 0.279 e. The number of unbranched alkanes of at least 4 members (excludes halogenated alkanes) is 8. The molecule has 0 heterocycles. The van der Waals surface area contributed by atoms with E-state index < -0.39 is 51.8 Å². The van der Waals surface area contributed by atoms with Gasteiger partial charge in [0.1, 0.15) is 0 Å². The molecule has 5 rings (SSSR count). The predicted molar refractivity (Wildman–Crippen MR) is 172 cm³/mol. The van der Waals surface area contributed by atoms with Crippen LogP contribution in [0.5, 0.6) is 5.75 Å². The van der Waals surface area contributed by atoms with Crippen LogP contribution in [0.2, 0.25) is 0 Å². The minimum absolute atomic E-state index is 0.0477. The van der Waals surface area contributed by atoms with E-state index in [0.29, 0.717) is 12.8 Å². The molecule has 0 bridgehead atoms. The van der Waals surface area contributed by atoms with Gasteiger partial charge in [-0.2, -0.15) is 4.39 Å². The molecule has 0 radical (unpaired) electrons. The van der Waals surface area contributed by atoms with Gasteiger partial charge in [-0.3, -0.25) is 0 Å². The topological polar surface area (TPSA) is 9.23 Å². The number of hydrogen-bond acceptors (Lipinski definition) is 1. The molecule has 2 aromatic carbocycles. The molecule has 2 fully saturated rings. The first kappa shape index (κ1) is 35.1. The second kappa shape index (κ2) is 16.3. The molecular weight excluding hydrogens is 598 g/mol. The fourth-order valence-electron chi connectivity index (χ4n) is 7.65. The fraction of sp³-hybridized carbons (Fsp3) is 0.692. The van der Waals surface area contributed by atoms with Gasteiger partial charge in [0.2, 0.25) is 5.82 Å². The second-order valence-corrected chi connectivity index (χ2v) is 14.4. The molecule has 1 nitrogen and oxygen atoms in total. The molecule has 2 atom stereocenters. The highest BCUT2D eigenvalue weighted by Crippen LogP contribution is 2.49. The first-order valence-corrected chi connectivity index (χ1v) is 18.2. The first-order chi connectivity index (χ1) is 22.2. The Morgan fingerprint density at radius 2 is 1.37 bits per heavy atom. The molecule has 3 aliphatic rings. The highest BCUT2D eigenvalue weighted by atomic mass is 19.3. The van der Waals surface area contributed by atoms with Crippen LogP contribution in [-0.2, 0) is 12.3 Å². The molecule has 0 aliphatic heterocycles. The Hall–Kier alpha value is -2.18. The zero-order valence-electron chi connectivity index (χ0n) is 27.6. The van der Waals surface area contributed by atoms with Crippen LogP contribution in [0.25, 0.3) is 11.1 Å². The minimum atomic E-state index is -3.53. The molecule has 0 N–H and O–H groups in total. The van der Waals surface area contributed by atoms with E-state index in [1.165, 1.54) is 70.3 Å². The maximum atomic E-state index is 15.6. The lowest BCUT2D eigenvalue weighted by atomic mass is 9.77. The minimum Gasteiger partial charge on any atom is -0.490 e. The van der Waals surface area contributed by atoms with Gasteiger partial charge in [0.05, 0.1) is 12.2 Å². The lowest BCUT2D eigenvalue weighted by molar-refractivity contribution is -0.0823. The van der Waals surface area contributed by atoms with E-state index in [1.807, 2.05) is 0 Å². The molecule has 3 aliphatic carbocycles. The Balaban J connectivity index is 1.13. The van der Waals surface area contributed by atoms with E-state index in [-0.39, 0.29) is 37.2 Å².